The number of carbonyl (C=O) groups is 2. The van der Waals surface area contributed by atoms with Crippen LogP contribution in [0.3, 0.4) is 0 Å². The number of amides is 1. The van der Waals surface area contributed by atoms with Crippen molar-refractivity contribution < 1.29 is 41.4 Å². The van der Waals surface area contributed by atoms with Gasteiger partial charge in [-0.1, -0.05) is 0 Å². The zero-order valence-electron chi connectivity index (χ0n) is 14.6. The Morgan fingerprint density at radius 2 is 1.81 bits per heavy atom. The molecule has 6 nitrogen and oxygen atoms in total. The van der Waals surface area contributed by atoms with Crippen molar-refractivity contribution in [1.82, 2.24) is 5.32 Å². The molecule has 1 atom stereocenters. The van der Waals surface area contributed by atoms with Crippen LogP contribution >= 0.6 is 0 Å². The van der Waals surface area contributed by atoms with E-state index in [1.807, 2.05) is 0 Å². The molecule has 0 aliphatic heterocycles. The lowest BCUT2D eigenvalue weighted by Gasteiger charge is -2.25. The summed E-state index contributed by atoms with van der Waals surface area (Å²) in [7, 11) is 1.03. The molecule has 1 N–H and O–H groups in total. The van der Waals surface area contributed by atoms with Crippen LogP contribution in [-0.2, 0) is 9.47 Å². The predicted octanol–water partition coefficient (Wildman–Crippen LogP) is 3.45. The van der Waals surface area contributed by atoms with E-state index >= 15 is 0 Å². The SMILES string of the molecule is COC(=O)c1cc(F)ccc1OCC(NC(=O)OC(C)(C)C)C(F)(F)F. The number of hydrogen-bond acceptors (Lipinski definition) is 5. The lowest BCUT2D eigenvalue weighted by Crippen LogP contribution is -2.50. The average molecular weight is 381 g/mol. The molecule has 0 radical (unpaired) electrons. The summed E-state index contributed by atoms with van der Waals surface area (Å²) in [4.78, 5) is 23.2. The first-order valence-corrected chi connectivity index (χ1v) is 7.40. The fraction of sp³-hybridized carbons (Fsp3) is 0.500. The first kappa shape index (κ1) is 21.5. The molecule has 0 saturated carbocycles. The van der Waals surface area contributed by atoms with Crippen molar-refractivity contribution >= 4 is 12.1 Å². The molecule has 0 saturated heterocycles. The maximum Gasteiger partial charge on any atom is 0.412 e. The fourth-order valence-electron chi connectivity index (χ4n) is 1.74. The molecule has 0 spiro atoms. The normalized spacial score (nSPS) is 12.9. The number of halogens is 4. The van der Waals surface area contributed by atoms with E-state index in [2.05, 4.69) is 4.74 Å². The Morgan fingerprint density at radius 1 is 1.19 bits per heavy atom. The van der Waals surface area contributed by atoms with Gasteiger partial charge in [0.1, 0.15) is 29.3 Å². The van der Waals surface area contributed by atoms with E-state index in [0.717, 1.165) is 25.3 Å². The molecule has 0 aliphatic rings. The standard InChI is InChI=1S/C16H19F4NO5/c1-15(2,3)26-14(23)21-12(16(18,19)20)8-25-11-6-5-9(17)7-10(11)13(22)24-4/h5-7,12H,8H2,1-4H3,(H,21,23). The van der Waals surface area contributed by atoms with Crippen LogP contribution in [0.4, 0.5) is 22.4 Å². The van der Waals surface area contributed by atoms with Crippen molar-refractivity contribution in [2.45, 2.75) is 38.6 Å². The van der Waals surface area contributed by atoms with Gasteiger partial charge < -0.3 is 19.5 Å². The van der Waals surface area contributed by atoms with Gasteiger partial charge in [0.2, 0.25) is 0 Å². The smallest absolute Gasteiger partial charge is 0.412 e. The van der Waals surface area contributed by atoms with Crippen molar-refractivity contribution in [2.24, 2.45) is 0 Å². The highest BCUT2D eigenvalue weighted by Gasteiger charge is 2.42. The molecule has 1 aromatic rings. The summed E-state index contributed by atoms with van der Waals surface area (Å²) in [6, 6.07) is 0.257. The Bertz CT molecular complexity index is 655. The monoisotopic (exact) mass is 381 g/mol. The second kappa shape index (κ2) is 8.24. The largest absolute Gasteiger partial charge is 0.490 e. The molecule has 0 aliphatic carbocycles. The summed E-state index contributed by atoms with van der Waals surface area (Å²) >= 11 is 0. The van der Waals surface area contributed by atoms with Crippen LogP contribution in [0.15, 0.2) is 18.2 Å². The summed E-state index contributed by atoms with van der Waals surface area (Å²) < 4.78 is 66.7. The van der Waals surface area contributed by atoms with Gasteiger partial charge in [0.15, 0.2) is 6.04 Å². The topological polar surface area (TPSA) is 73.9 Å². The predicted molar refractivity (Wildman–Crippen MR) is 82.4 cm³/mol. The Kier molecular flexibility index (Phi) is 6.82. The van der Waals surface area contributed by atoms with Gasteiger partial charge in [-0.05, 0) is 39.0 Å². The second-order valence-corrected chi connectivity index (χ2v) is 6.18. The van der Waals surface area contributed by atoms with E-state index in [1.54, 1.807) is 5.32 Å². The van der Waals surface area contributed by atoms with Crippen LogP contribution in [0, 0.1) is 5.82 Å². The zero-order valence-corrected chi connectivity index (χ0v) is 14.6. The van der Waals surface area contributed by atoms with E-state index in [4.69, 9.17) is 9.47 Å². The number of methoxy groups -OCH3 is 1. The molecule has 0 bridgehead atoms. The number of esters is 1. The molecule has 0 fully saturated rings. The molecule has 26 heavy (non-hydrogen) atoms. The van der Waals surface area contributed by atoms with Gasteiger partial charge in [0.25, 0.3) is 0 Å². The molecule has 1 unspecified atom stereocenters. The third-order valence-electron chi connectivity index (χ3n) is 2.84. The van der Waals surface area contributed by atoms with Gasteiger partial charge in [0, 0.05) is 0 Å². The van der Waals surface area contributed by atoms with Gasteiger partial charge >= 0.3 is 18.2 Å². The third kappa shape index (κ3) is 6.77. The minimum atomic E-state index is -4.84. The number of alkyl carbamates (subject to hydrolysis) is 1. The van der Waals surface area contributed by atoms with Crippen LogP contribution in [0.25, 0.3) is 0 Å². The number of ether oxygens (including phenoxy) is 3. The van der Waals surface area contributed by atoms with E-state index in [0.29, 0.717) is 0 Å². The maximum absolute atomic E-state index is 13.2. The fourth-order valence-corrected chi connectivity index (χ4v) is 1.74. The van der Waals surface area contributed by atoms with Gasteiger partial charge in [0.05, 0.1) is 7.11 Å². The van der Waals surface area contributed by atoms with Gasteiger partial charge in [-0.25, -0.2) is 14.0 Å². The number of carbonyl (C=O) groups excluding carboxylic acids is 2. The number of benzene rings is 1. The minimum Gasteiger partial charge on any atom is -0.490 e. The lowest BCUT2D eigenvalue weighted by molar-refractivity contribution is -0.161. The van der Waals surface area contributed by atoms with Gasteiger partial charge in [-0.2, -0.15) is 13.2 Å². The van der Waals surface area contributed by atoms with Crippen LogP contribution < -0.4 is 10.1 Å². The highest BCUT2D eigenvalue weighted by atomic mass is 19.4. The number of hydrogen-bond donors (Lipinski definition) is 1. The van der Waals surface area contributed by atoms with Crippen LogP contribution in [0.1, 0.15) is 31.1 Å². The highest BCUT2D eigenvalue weighted by molar-refractivity contribution is 5.92. The molecule has 1 aromatic carbocycles. The molecular weight excluding hydrogens is 362 g/mol. The number of rotatable bonds is 5. The van der Waals surface area contributed by atoms with Crippen molar-refractivity contribution in [3.05, 3.63) is 29.6 Å². The summed E-state index contributed by atoms with van der Waals surface area (Å²) in [6.45, 7) is 3.42. The van der Waals surface area contributed by atoms with Crippen molar-refractivity contribution in [3.8, 4) is 5.75 Å². The maximum atomic E-state index is 13.2. The van der Waals surface area contributed by atoms with E-state index in [9.17, 15) is 27.2 Å². The number of nitrogens with one attached hydrogen (secondary N) is 1. The molecule has 0 heterocycles. The molecule has 1 rings (SSSR count). The van der Waals surface area contributed by atoms with Crippen molar-refractivity contribution in [3.63, 3.8) is 0 Å². The Labute approximate surface area is 147 Å². The third-order valence-corrected chi connectivity index (χ3v) is 2.84. The van der Waals surface area contributed by atoms with E-state index in [-0.39, 0.29) is 11.3 Å². The Balaban J connectivity index is 2.92. The molecule has 0 aromatic heterocycles. The summed E-state index contributed by atoms with van der Waals surface area (Å²) in [5.74, 6) is -2.10. The lowest BCUT2D eigenvalue weighted by atomic mass is 10.2. The molecule has 10 heteroatoms. The summed E-state index contributed by atoms with van der Waals surface area (Å²) in [5, 5.41) is 1.66. The highest BCUT2D eigenvalue weighted by Crippen LogP contribution is 2.25. The number of alkyl halides is 3. The van der Waals surface area contributed by atoms with Crippen molar-refractivity contribution in [1.29, 1.82) is 0 Å². The quantitative estimate of drug-likeness (QED) is 0.625. The Hall–Kier alpha value is -2.52. The summed E-state index contributed by atoms with van der Waals surface area (Å²) in [5.41, 5.74) is -1.37. The van der Waals surface area contributed by atoms with Gasteiger partial charge in [-0.15, -0.1) is 0 Å². The van der Waals surface area contributed by atoms with E-state index < -0.39 is 42.3 Å². The van der Waals surface area contributed by atoms with Crippen molar-refractivity contribution in [2.75, 3.05) is 13.7 Å². The van der Waals surface area contributed by atoms with Crippen LogP contribution in [-0.4, -0.2) is 43.6 Å². The molecule has 146 valence electrons. The summed E-state index contributed by atoms with van der Waals surface area (Å²) in [6.07, 6.45) is -6.13. The van der Waals surface area contributed by atoms with Crippen LogP contribution in [0.2, 0.25) is 0 Å². The Morgan fingerprint density at radius 3 is 2.31 bits per heavy atom. The van der Waals surface area contributed by atoms with Crippen LogP contribution in [0.5, 0.6) is 5.75 Å². The first-order valence-electron chi connectivity index (χ1n) is 7.40. The molecule has 1 amide bonds. The zero-order chi connectivity index (χ0) is 20.1. The first-order chi connectivity index (χ1) is 11.8. The van der Waals surface area contributed by atoms with E-state index in [1.165, 1.54) is 20.8 Å². The molecular formula is C16H19F4NO5. The minimum absolute atomic E-state index is 0.321. The van der Waals surface area contributed by atoms with Gasteiger partial charge in [-0.3, -0.25) is 0 Å². The average Bonchev–Trinajstić information content (AvgIpc) is 2.48. The second-order valence-electron chi connectivity index (χ2n) is 6.18.